The van der Waals surface area contributed by atoms with Crippen molar-refractivity contribution in [2.45, 2.75) is 0 Å². The molecule has 0 unspecified atom stereocenters. The number of nitrogens with two attached hydrogens (primary N) is 1. The van der Waals surface area contributed by atoms with Crippen molar-refractivity contribution >= 4 is 16.6 Å². The van der Waals surface area contributed by atoms with Gasteiger partial charge in [0.25, 0.3) is 0 Å². The van der Waals surface area contributed by atoms with E-state index >= 15 is 0 Å². The standard InChI is InChI=1S/C8H9N3/c1-11-5-6-2-3-7(9)4-8(6)10-11/h2-5H,9H2,1H3/i1D3. The highest BCUT2D eigenvalue weighted by Crippen LogP contribution is 2.14. The lowest BCUT2D eigenvalue weighted by Gasteiger charge is -1.88. The number of hydrogen-bond acceptors (Lipinski definition) is 2. The Hall–Kier alpha value is -1.51. The summed E-state index contributed by atoms with van der Waals surface area (Å²) in [6.45, 7) is -2.23. The van der Waals surface area contributed by atoms with E-state index in [1.165, 1.54) is 6.20 Å². The number of benzene rings is 1. The molecule has 0 radical (unpaired) electrons. The van der Waals surface area contributed by atoms with Crippen LogP contribution in [0.5, 0.6) is 0 Å². The molecule has 1 heterocycles. The number of anilines is 1. The molecule has 11 heavy (non-hydrogen) atoms. The monoisotopic (exact) mass is 150 g/mol. The third-order valence-corrected chi connectivity index (χ3v) is 1.53. The minimum Gasteiger partial charge on any atom is -0.399 e. The molecule has 0 aliphatic heterocycles. The molecule has 0 bridgehead atoms. The fraction of sp³-hybridized carbons (Fsp3) is 0.125. The maximum absolute atomic E-state index is 7.16. The van der Waals surface area contributed by atoms with Gasteiger partial charge in [-0.15, -0.1) is 0 Å². The predicted molar refractivity (Wildman–Crippen MR) is 45.1 cm³/mol. The zero-order valence-electron chi connectivity index (χ0n) is 8.78. The molecule has 2 aromatic rings. The second-order valence-electron chi connectivity index (χ2n) is 2.39. The molecule has 0 aliphatic carbocycles. The van der Waals surface area contributed by atoms with Gasteiger partial charge in [-0.2, -0.15) is 5.10 Å². The molecule has 1 aromatic carbocycles. The first-order chi connectivity index (χ1) is 6.47. The molecule has 2 N–H and O–H groups in total. The van der Waals surface area contributed by atoms with Crippen molar-refractivity contribution in [3.63, 3.8) is 0 Å². The van der Waals surface area contributed by atoms with E-state index < -0.39 is 6.98 Å². The minimum absolute atomic E-state index is 0.577. The van der Waals surface area contributed by atoms with Crippen molar-refractivity contribution < 1.29 is 4.11 Å². The van der Waals surface area contributed by atoms with Crippen LogP contribution in [-0.2, 0) is 6.98 Å². The van der Waals surface area contributed by atoms with Crippen molar-refractivity contribution in [2.24, 2.45) is 6.98 Å². The molecule has 0 amide bonds. The Morgan fingerprint density at radius 3 is 3.36 bits per heavy atom. The van der Waals surface area contributed by atoms with Gasteiger partial charge in [0, 0.05) is 28.4 Å². The molecule has 56 valence electrons. The van der Waals surface area contributed by atoms with Crippen LogP contribution in [0.15, 0.2) is 24.4 Å². The number of nitrogen functional groups attached to an aromatic ring is 1. The van der Waals surface area contributed by atoms with Gasteiger partial charge in [0.15, 0.2) is 0 Å². The van der Waals surface area contributed by atoms with Crippen LogP contribution in [-0.4, -0.2) is 9.78 Å². The van der Waals surface area contributed by atoms with E-state index in [9.17, 15) is 0 Å². The lowest BCUT2D eigenvalue weighted by Crippen LogP contribution is -1.85. The predicted octanol–water partition coefficient (Wildman–Crippen LogP) is 1.16. The molecule has 1 aromatic heterocycles. The normalized spacial score (nSPS) is 15.8. The van der Waals surface area contributed by atoms with Crippen LogP contribution in [0.3, 0.4) is 0 Å². The molecule has 2 rings (SSSR count). The van der Waals surface area contributed by atoms with E-state index in [1.54, 1.807) is 18.2 Å². The summed E-state index contributed by atoms with van der Waals surface area (Å²) in [6, 6.07) is 5.12. The summed E-state index contributed by atoms with van der Waals surface area (Å²) < 4.78 is 22.5. The summed E-state index contributed by atoms with van der Waals surface area (Å²) in [4.78, 5) is 0. The average Bonchev–Trinajstić information content (AvgIpc) is 2.45. The Morgan fingerprint density at radius 2 is 2.55 bits per heavy atom. The van der Waals surface area contributed by atoms with E-state index in [2.05, 4.69) is 5.10 Å². The van der Waals surface area contributed by atoms with Gasteiger partial charge in [0.1, 0.15) is 0 Å². The van der Waals surface area contributed by atoms with E-state index in [1.807, 2.05) is 0 Å². The first kappa shape index (κ1) is 3.76. The van der Waals surface area contributed by atoms with Crippen molar-refractivity contribution in [3.8, 4) is 0 Å². The average molecular weight is 150 g/mol. The van der Waals surface area contributed by atoms with E-state index in [0.717, 1.165) is 10.1 Å². The number of fused-ring (bicyclic) bond motifs is 1. The summed E-state index contributed by atoms with van der Waals surface area (Å²) in [6.07, 6.45) is 1.49. The van der Waals surface area contributed by atoms with Crippen LogP contribution in [0.2, 0.25) is 0 Å². The van der Waals surface area contributed by atoms with Gasteiger partial charge in [0.2, 0.25) is 0 Å². The summed E-state index contributed by atoms with van der Waals surface area (Å²) >= 11 is 0. The maximum Gasteiger partial charge on any atom is 0.0943 e. The van der Waals surface area contributed by atoms with Crippen molar-refractivity contribution in [2.75, 3.05) is 5.73 Å². The van der Waals surface area contributed by atoms with Gasteiger partial charge >= 0.3 is 0 Å². The second kappa shape index (κ2) is 1.99. The van der Waals surface area contributed by atoms with Crippen molar-refractivity contribution in [1.29, 1.82) is 0 Å². The molecule has 0 saturated heterocycles. The molecule has 3 heteroatoms. The molecule has 3 nitrogen and oxygen atoms in total. The second-order valence-corrected chi connectivity index (χ2v) is 2.39. The molecule has 0 spiro atoms. The minimum atomic E-state index is -2.23. The van der Waals surface area contributed by atoms with Crippen LogP contribution >= 0.6 is 0 Å². The largest absolute Gasteiger partial charge is 0.399 e. The smallest absolute Gasteiger partial charge is 0.0943 e. The molecular weight excluding hydrogens is 138 g/mol. The van der Waals surface area contributed by atoms with Crippen LogP contribution < -0.4 is 5.73 Å². The summed E-state index contributed by atoms with van der Waals surface area (Å²) in [7, 11) is 0. The fourth-order valence-electron chi connectivity index (χ4n) is 1.03. The Balaban J connectivity index is 2.63. The number of rotatable bonds is 0. The topological polar surface area (TPSA) is 43.8 Å². The zero-order valence-corrected chi connectivity index (χ0v) is 5.78. The van der Waals surface area contributed by atoms with Crippen LogP contribution in [0, 0.1) is 0 Å². The highest BCUT2D eigenvalue weighted by Gasteiger charge is 1.96. The highest BCUT2D eigenvalue weighted by atomic mass is 15.2. The summed E-state index contributed by atoms with van der Waals surface area (Å²) in [5.41, 5.74) is 6.73. The Bertz CT molecular complexity index is 472. The van der Waals surface area contributed by atoms with Gasteiger partial charge in [-0.1, -0.05) is 0 Å². The third-order valence-electron chi connectivity index (χ3n) is 1.53. The Kier molecular flexibility index (Phi) is 0.678. The van der Waals surface area contributed by atoms with Crippen LogP contribution in [0.1, 0.15) is 4.11 Å². The molecule has 0 aliphatic rings. The van der Waals surface area contributed by atoms with Crippen molar-refractivity contribution in [1.82, 2.24) is 9.78 Å². The summed E-state index contributed by atoms with van der Waals surface area (Å²) in [5.74, 6) is 0. The van der Waals surface area contributed by atoms with Gasteiger partial charge in [-0.05, 0) is 18.2 Å². The first-order valence-corrected chi connectivity index (χ1v) is 3.22. The number of hydrogen-bond donors (Lipinski definition) is 1. The van der Waals surface area contributed by atoms with Crippen molar-refractivity contribution in [3.05, 3.63) is 24.4 Å². The quantitative estimate of drug-likeness (QED) is 0.572. The molecule has 0 atom stereocenters. The van der Waals surface area contributed by atoms with Crippen LogP contribution in [0.4, 0.5) is 5.69 Å². The van der Waals surface area contributed by atoms with E-state index in [4.69, 9.17) is 9.85 Å². The molecular formula is C8H9N3. The first-order valence-electron chi connectivity index (χ1n) is 4.72. The maximum atomic E-state index is 7.16. The van der Waals surface area contributed by atoms with E-state index in [-0.39, 0.29) is 0 Å². The Morgan fingerprint density at radius 1 is 1.64 bits per heavy atom. The molecule has 0 saturated carbocycles. The van der Waals surface area contributed by atoms with Gasteiger partial charge < -0.3 is 5.73 Å². The number of aryl methyl sites for hydroxylation is 1. The molecule has 0 fully saturated rings. The van der Waals surface area contributed by atoms with Gasteiger partial charge in [-0.3, -0.25) is 4.68 Å². The fourth-order valence-corrected chi connectivity index (χ4v) is 1.03. The number of aromatic nitrogens is 2. The SMILES string of the molecule is [2H]C([2H])([2H])n1cc2ccc(N)cc2n1. The van der Waals surface area contributed by atoms with Gasteiger partial charge in [-0.25, -0.2) is 0 Å². The van der Waals surface area contributed by atoms with E-state index in [0.29, 0.717) is 11.2 Å². The number of nitrogens with zero attached hydrogens (tertiary/aromatic N) is 2. The highest BCUT2D eigenvalue weighted by molar-refractivity contribution is 5.81. The van der Waals surface area contributed by atoms with Gasteiger partial charge in [0.05, 0.1) is 5.52 Å². The zero-order chi connectivity index (χ0) is 10.3. The lowest BCUT2D eigenvalue weighted by atomic mass is 10.2. The third kappa shape index (κ3) is 0.941. The Labute approximate surface area is 68.6 Å². The summed E-state index contributed by atoms with van der Waals surface area (Å²) in [5, 5.41) is 4.69. The lowest BCUT2D eigenvalue weighted by molar-refractivity contribution is 0.780. The van der Waals surface area contributed by atoms with Crippen LogP contribution in [0.25, 0.3) is 10.9 Å².